The number of nitrogens with one attached hydrogen (secondary N) is 1. The highest BCUT2D eigenvalue weighted by molar-refractivity contribution is 7.29. The SMILES string of the molecule is CC(C)(C)c1ccc(Nc2cc3c(cc2-c2ccc4c5cc6sc7ccccc7c6cc5n5c4c2[B]c2sc4ccc(C(C)(C)C)cc4c2-5)-c2ccc(CC(c4ccccc4)c4ccccc4)cc2C3(C)C)cc1. The van der Waals surface area contributed by atoms with Gasteiger partial charge in [0, 0.05) is 74.8 Å². The predicted molar refractivity (Wildman–Crippen MR) is 323 cm³/mol. The lowest BCUT2D eigenvalue weighted by molar-refractivity contribution is 0.590. The first-order valence-electron chi connectivity index (χ1n) is 26.3. The molecule has 0 unspecified atom stereocenters. The summed E-state index contributed by atoms with van der Waals surface area (Å²) >= 11 is 3.83. The lowest BCUT2D eigenvalue weighted by Gasteiger charge is -2.26. The number of hydrogen-bond acceptors (Lipinski definition) is 3. The van der Waals surface area contributed by atoms with E-state index < -0.39 is 0 Å². The third-order valence-electron chi connectivity index (χ3n) is 16.6. The fraction of sp³-hybridized carbons (Fsp3) is 0.188. The molecule has 0 fully saturated rings. The second-order valence-electron chi connectivity index (χ2n) is 23.6. The second-order valence-corrected chi connectivity index (χ2v) is 25.8. The molecule has 9 aromatic carbocycles. The van der Waals surface area contributed by atoms with Crippen molar-refractivity contribution < 1.29 is 0 Å². The normalized spacial score (nSPS) is 13.8. The standard InChI is InChI=1S/C69H58BN2S2/c1-67(2,3)43-24-27-45(28-25-43)71-58-39-57-51(46-29-23-40(34-56(46)69(57,7)8)33-50(41-17-11-9-12-18-41)42-19-13-10-14-20-42)36-52(58)48-30-31-49-53-38-62-54(47-21-15-16-22-60(47)73-62)37-59(53)72-64(49)63(48)70-66-65(72)55-35-44(68(4,5)6)26-32-61(55)74-66/h9-32,34-39,50,71H,33H2,1-8H3. The Bertz CT molecular complexity index is 4210. The van der Waals surface area contributed by atoms with E-state index in [0.717, 1.165) is 17.8 Å². The van der Waals surface area contributed by atoms with Gasteiger partial charge in [-0.1, -0.05) is 183 Å². The van der Waals surface area contributed by atoms with Crippen LogP contribution in [0.5, 0.6) is 0 Å². The van der Waals surface area contributed by atoms with Crippen LogP contribution >= 0.6 is 22.7 Å². The third-order valence-corrected chi connectivity index (χ3v) is 18.8. The fourth-order valence-corrected chi connectivity index (χ4v) is 14.8. The van der Waals surface area contributed by atoms with Crippen molar-refractivity contribution in [3.8, 4) is 27.9 Å². The Kier molecular flexibility index (Phi) is 10.1. The van der Waals surface area contributed by atoms with Crippen LogP contribution < -0.4 is 15.6 Å². The van der Waals surface area contributed by atoms with Gasteiger partial charge in [0.25, 0.3) is 0 Å². The van der Waals surface area contributed by atoms with E-state index in [4.69, 9.17) is 0 Å². The van der Waals surface area contributed by atoms with Gasteiger partial charge in [-0.05, 0) is 138 Å². The van der Waals surface area contributed by atoms with Gasteiger partial charge in [-0.15, -0.1) is 22.7 Å². The van der Waals surface area contributed by atoms with Crippen LogP contribution in [0.2, 0.25) is 0 Å². The smallest absolute Gasteiger partial charge is 0.211 e. The summed E-state index contributed by atoms with van der Waals surface area (Å²) in [6, 6.07) is 69.5. The van der Waals surface area contributed by atoms with Crippen LogP contribution in [0, 0.1) is 0 Å². The van der Waals surface area contributed by atoms with E-state index >= 15 is 0 Å². The van der Waals surface area contributed by atoms with Gasteiger partial charge in [0.2, 0.25) is 7.28 Å². The first-order chi connectivity index (χ1) is 35.7. The van der Waals surface area contributed by atoms with Crippen LogP contribution in [-0.4, -0.2) is 11.8 Å². The Morgan fingerprint density at radius 3 is 1.91 bits per heavy atom. The summed E-state index contributed by atoms with van der Waals surface area (Å²) in [5.74, 6) is 0.255. The molecule has 3 aromatic heterocycles. The quantitative estimate of drug-likeness (QED) is 0.158. The van der Waals surface area contributed by atoms with Crippen molar-refractivity contribution in [1.29, 1.82) is 0 Å². The number of anilines is 2. The minimum atomic E-state index is -0.230. The molecule has 0 saturated carbocycles. The Morgan fingerprint density at radius 1 is 0.514 bits per heavy atom. The minimum Gasteiger partial charge on any atom is -0.355 e. The summed E-state index contributed by atoms with van der Waals surface area (Å²) in [5, 5.41) is 10.6. The van der Waals surface area contributed by atoms with Gasteiger partial charge in [0.05, 0.1) is 11.2 Å². The van der Waals surface area contributed by atoms with Gasteiger partial charge < -0.3 is 9.88 Å². The van der Waals surface area contributed by atoms with Gasteiger partial charge in [-0.2, -0.15) is 0 Å². The van der Waals surface area contributed by atoms with Crippen molar-refractivity contribution in [2.75, 3.05) is 5.32 Å². The van der Waals surface area contributed by atoms with Gasteiger partial charge in [0.15, 0.2) is 0 Å². The molecule has 2 nitrogen and oxygen atoms in total. The average molecular weight is 990 g/mol. The van der Waals surface area contributed by atoms with Crippen molar-refractivity contribution in [3.05, 3.63) is 221 Å². The highest BCUT2D eigenvalue weighted by Crippen LogP contribution is 2.53. The maximum atomic E-state index is 4.06. The molecule has 0 amide bonds. The molecule has 4 heterocycles. The monoisotopic (exact) mass is 989 g/mol. The van der Waals surface area contributed by atoms with Gasteiger partial charge >= 0.3 is 0 Å². The van der Waals surface area contributed by atoms with Crippen LogP contribution in [0.1, 0.15) is 100 Å². The van der Waals surface area contributed by atoms with Crippen molar-refractivity contribution >= 4 is 104 Å². The molecule has 14 rings (SSSR count). The first kappa shape index (κ1) is 45.4. The van der Waals surface area contributed by atoms with E-state index in [2.05, 4.69) is 255 Å². The Labute approximate surface area is 443 Å². The number of nitrogens with zero attached hydrogens (tertiary/aromatic N) is 1. The zero-order valence-corrected chi connectivity index (χ0v) is 45.1. The predicted octanol–water partition coefficient (Wildman–Crippen LogP) is 18.0. The van der Waals surface area contributed by atoms with E-state index in [1.807, 2.05) is 22.7 Å². The molecule has 5 heteroatoms. The number of aromatic nitrogens is 1. The van der Waals surface area contributed by atoms with Crippen LogP contribution in [0.15, 0.2) is 182 Å². The van der Waals surface area contributed by atoms with E-state index in [9.17, 15) is 0 Å². The highest BCUT2D eigenvalue weighted by Gasteiger charge is 2.38. The first-order valence-corrected chi connectivity index (χ1v) is 28.0. The van der Waals surface area contributed by atoms with E-state index in [1.165, 1.54) is 129 Å². The largest absolute Gasteiger partial charge is 0.355 e. The molecule has 0 saturated heterocycles. The number of hydrogen-bond donors (Lipinski definition) is 1. The highest BCUT2D eigenvalue weighted by atomic mass is 32.1. The molecule has 1 radical (unpaired) electrons. The summed E-state index contributed by atoms with van der Waals surface area (Å²) in [6.07, 6.45) is 0.926. The summed E-state index contributed by atoms with van der Waals surface area (Å²) in [4.78, 5) is 0. The molecule has 0 bridgehead atoms. The molecule has 0 spiro atoms. The lowest BCUT2D eigenvalue weighted by atomic mass is 9.63. The Balaban J connectivity index is 0.990. The summed E-state index contributed by atoms with van der Waals surface area (Å²) < 4.78 is 7.94. The molecule has 74 heavy (non-hydrogen) atoms. The molecule has 12 aromatic rings. The average Bonchev–Trinajstić information content (AvgIpc) is 4.11. The van der Waals surface area contributed by atoms with Gasteiger partial charge in [-0.25, -0.2) is 0 Å². The molecular formula is C69H58BN2S2. The number of fused-ring (bicyclic) bond motifs is 13. The van der Waals surface area contributed by atoms with Gasteiger partial charge in [-0.3, -0.25) is 0 Å². The van der Waals surface area contributed by atoms with E-state index in [0.29, 0.717) is 0 Å². The topological polar surface area (TPSA) is 17.0 Å². The molecular weight excluding hydrogens is 932 g/mol. The molecule has 1 N–H and O–H groups in total. The second kappa shape index (κ2) is 16.4. The zero-order chi connectivity index (χ0) is 50.4. The van der Waals surface area contributed by atoms with E-state index in [-0.39, 0.29) is 22.2 Å². The minimum absolute atomic E-state index is 0.0217. The van der Waals surface area contributed by atoms with Crippen LogP contribution in [0.3, 0.4) is 0 Å². The third kappa shape index (κ3) is 7.10. The zero-order valence-electron chi connectivity index (χ0n) is 43.4. The Hall–Kier alpha value is -7.18. The van der Waals surface area contributed by atoms with E-state index in [1.54, 1.807) is 0 Å². The molecule has 359 valence electrons. The molecule has 0 atom stereocenters. The van der Waals surface area contributed by atoms with Crippen molar-refractivity contribution in [3.63, 3.8) is 0 Å². The lowest BCUT2D eigenvalue weighted by Crippen LogP contribution is -2.35. The van der Waals surface area contributed by atoms with Crippen molar-refractivity contribution in [2.24, 2.45) is 0 Å². The van der Waals surface area contributed by atoms with Gasteiger partial charge in [0.1, 0.15) is 0 Å². The number of rotatable bonds is 7. The summed E-state index contributed by atoms with van der Waals surface area (Å²) in [7, 11) is 2.53. The maximum Gasteiger partial charge on any atom is 0.211 e. The molecule has 2 aliphatic rings. The summed E-state index contributed by atoms with van der Waals surface area (Å²) in [6.45, 7) is 18.7. The Morgan fingerprint density at radius 2 is 1.18 bits per heavy atom. The summed E-state index contributed by atoms with van der Waals surface area (Å²) in [5.41, 5.74) is 21.8. The van der Waals surface area contributed by atoms with Crippen molar-refractivity contribution in [2.45, 2.75) is 84.0 Å². The molecule has 1 aliphatic heterocycles. The number of thiophene rings is 2. The van der Waals surface area contributed by atoms with Crippen LogP contribution in [-0.2, 0) is 22.7 Å². The van der Waals surface area contributed by atoms with Crippen LogP contribution in [0.4, 0.5) is 11.4 Å². The maximum absolute atomic E-state index is 4.06. The number of benzene rings is 9. The molecule has 1 aliphatic carbocycles. The van der Waals surface area contributed by atoms with Crippen LogP contribution in [0.25, 0.3) is 80.0 Å². The van der Waals surface area contributed by atoms with Crippen molar-refractivity contribution in [1.82, 2.24) is 4.57 Å². The fourth-order valence-electron chi connectivity index (χ4n) is 12.5.